The predicted molar refractivity (Wildman–Crippen MR) is 104 cm³/mol. The summed E-state index contributed by atoms with van der Waals surface area (Å²) in [6, 6.07) is 5.55. The SMILES string of the molecule is O=S(=O)(c1ccc(C2=C(c3ccc(C(F)(F)F)c(C(F)(F)F)c3)CC3(CC3)C2)cc1)C(F)(F)F. The molecule has 0 N–H and O–H groups in total. The first-order valence-corrected chi connectivity index (χ1v) is 11.4. The molecule has 1 saturated carbocycles. The fourth-order valence-electron chi connectivity index (χ4n) is 4.29. The van der Waals surface area contributed by atoms with Crippen molar-refractivity contribution in [3.8, 4) is 0 Å². The molecular weight excluding hydrogens is 499 g/mol. The highest BCUT2D eigenvalue weighted by Crippen LogP contribution is 2.63. The Morgan fingerprint density at radius 2 is 1.12 bits per heavy atom. The zero-order chi connectivity index (χ0) is 25.3. The Hall–Kier alpha value is -2.50. The van der Waals surface area contributed by atoms with Gasteiger partial charge in [-0.2, -0.15) is 39.5 Å². The van der Waals surface area contributed by atoms with Crippen LogP contribution in [0.5, 0.6) is 0 Å². The highest BCUT2D eigenvalue weighted by atomic mass is 32.2. The number of rotatable bonds is 3. The van der Waals surface area contributed by atoms with Gasteiger partial charge in [0.1, 0.15) is 0 Å². The molecule has 12 heteroatoms. The van der Waals surface area contributed by atoms with Gasteiger partial charge in [-0.1, -0.05) is 18.2 Å². The molecule has 34 heavy (non-hydrogen) atoms. The van der Waals surface area contributed by atoms with E-state index in [0.29, 0.717) is 41.7 Å². The van der Waals surface area contributed by atoms with E-state index >= 15 is 0 Å². The molecule has 0 unspecified atom stereocenters. The Morgan fingerprint density at radius 3 is 1.56 bits per heavy atom. The Kier molecular flexibility index (Phi) is 5.43. The Morgan fingerprint density at radius 1 is 0.647 bits per heavy atom. The zero-order valence-corrected chi connectivity index (χ0v) is 17.8. The molecule has 2 aliphatic rings. The number of benzene rings is 2. The number of alkyl halides is 9. The van der Waals surface area contributed by atoms with Crippen LogP contribution in [0.2, 0.25) is 0 Å². The maximum atomic E-state index is 13.4. The average Bonchev–Trinajstić information content (AvgIpc) is 3.35. The first-order valence-electron chi connectivity index (χ1n) is 9.87. The van der Waals surface area contributed by atoms with Gasteiger partial charge in [-0.05, 0) is 77.6 Å². The second-order valence-electron chi connectivity index (χ2n) is 8.54. The highest BCUT2D eigenvalue weighted by Gasteiger charge is 2.50. The second kappa shape index (κ2) is 7.50. The number of halogens is 9. The lowest BCUT2D eigenvalue weighted by Crippen LogP contribution is -2.23. The summed E-state index contributed by atoms with van der Waals surface area (Å²) >= 11 is 0. The quantitative estimate of drug-likeness (QED) is 0.398. The van der Waals surface area contributed by atoms with Gasteiger partial charge in [-0.3, -0.25) is 0 Å². The molecule has 0 heterocycles. The standard InChI is InChI=1S/C22H15F9O2S/c23-20(24,25)17-6-3-13(9-18(17)21(26,27)28)16-11-19(7-8-19)10-15(16)12-1-4-14(5-2-12)34(32,33)22(29,30)31/h1-6,9H,7-8,10-11H2. The van der Waals surface area contributed by atoms with Crippen molar-refractivity contribution in [2.24, 2.45) is 5.41 Å². The Bertz CT molecular complexity index is 1260. The molecule has 1 spiro atoms. The van der Waals surface area contributed by atoms with Crippen LogP contribution in [0.25, 0.3) is 11.1 Å². The van der Waals surface area contributed by atoms with Gasteiger partial charge in [-0.15, -0.1) is 0 Å². The van der Waals surface area contributed by atoms with Crippen molar-refractivity contribution in [2.75, 3.05) is 0 Å². The third-order valence-corrected chi connectivity index (χ3v) is 7.72. The molecule has 2 aromatic rings. The van der Waals surface area contributed by atoms with E-state index in [1.165, 1.54) is 0 Å². The molecule has 0 aliphatic heterocycles. The van der Waals surface area contributed by atoms with E-state index in [4.69, 9.17) is 0 Å². The number of sulfone groups is 1. The van der Waals surface area contributed by atoms with E-state index in [0.717, 1.165) is 43.2 Å². The summed E-state index contributed by atoms with van der Waals surface area (Å²) in [5.74, 6) is 0. The van der Waals surface area contributed by atoms with E-state index in [2.05, 4.69) is 0 Å². The maximum Gasteiger partial charge on any atom is 0.501 e. The largest absolute Gasteiger partial charge is 0.501 e. The van der Waals surface area contributed by atoms with Crippen LogP contribution in [0.1, 0.15) is 47.9 Å². The lowest BCUT2D eigenvalue weighted by atomic mass is 9.93. The smallest absolute Gasteiger partial charge is 0.214 e. The monoisotopic (exact) mass is 514 g/mol. The van der Waals surface area contributed by atoms with Crippen molar-refractivity contribution in [1.82, 2.24) is 0 Å². The molecule has 1 fully saturated rings. The van der Waals surface area contributed by atoms with Gasteiger partial charge in [0.2, 0.25) is 0 Å². The minimum Gasteiger partial charge on any atom is -0.214 e. The summed E-state index contributed by atoms with van der Waals surface area (Å²) in [5.41, 5.74) is -8.33. The minimum absolute atomic E-state index is 0.0638. The molecule has 0 aromatic heterocycles. The molecule has 0 amide bonds. The molecule has 0 saturated heterocycles. The van der Waals surface area contributed by atoms with Gasteiger partial charge >= 0.3 is 17.9 Å². The third kappa shape index (κ3) is 4.32. The van der Waals surface area contributed by atoms with E-state index < -0.39 is 43.7 Å². The van der Waals surface area contributed by atoms with E-state index in [-0.39, 0.29) is 11.0 Å². The van der Waals surface area contributed by atoms with Crippen molar-refractivity contribution in [1.29, 1.82) is 0 Å². The van der Waals surface area contributed by atoms with Crippen LogP contribution in [0.4, 0.5) is 39.5 Å². The summed E-state index contributed by atoms with van der Waals surface area (Å²) in [6.45, 7) is 0. The van der Waals surface area contributed by atoms with Crippen LogP contribution in [0.3, 0.4) is 0 Å². The van der Waals surface area contributed by atoms with Gasteiger partial charge in [0.15, 0.2) is 0 Å². The van der Waals surface area contributed by atoms with Crippen LogP contribution in [0.15, 0.2) is 47.4 Å². The molecule has 2 nitrogen and oxygen atoms in total. The van der Waals surface area contributed by atoms with Crippen LogP contribution in [-0.4, -0.2) is 13.9 Å². The van der Waals surface area contributed by atoms with Gasteiger partial charge < -0.3 is 0 Å². The fourth-order valence-corrected chi connectivity index (χ4v) is 5.05. The first kappa shape index (κ1) is 24.6. The molecule has 184 valence electrons. The molecule has 0 bridgehead atoms. The van der Waals surface area contributed by atoms with Gasteiger partial charge in [0.25, 0.3) is 9.84 Å². The second-order valence-corrected chi connectivity index (χ2v) is 10.5. The fraction of sp³-hybridized carbons (Fsp3) is 0.364. The van der Waals surface area contributed by atoms with Crippen LogP contribution in [0, 0.1) is 5.41 Å². The molecular formula is C22H15F9O2S. The van der Waals surface area contributed by atoms with E-state index in [9.17, 15) is 47.9 Å². The lowest BCUT2D eigenvalue weighted by molar-refractivity contribution is -0.162. The molecule has 2 aromatic carbocycles. The lowest BCUT2D eigenvalue weighted by Gasteiger charge is -2.18. The van der Waals surface area contributed by atoms with E-state index in [1.807, 2.05) is 0 Å². The summed E-state index contributed by atoms with van der Waals surface area (Å²) < 4.78 is 141. The van der Waals surface area contributed by atoms with Crippen LogP contribution < -0.4 is 0 Å². The minimum atomic E-state index is -5.58. The summed E-state index contributed by atoms with van der Waals surface area (Å²) in [5, 5.41) is 0. The van der Waals surface area contributed by atoms with Crippen molar-refractivity contribution in [3.63, 3.8) is 0 Å². The summed E-state index contributed by atoms with van der Waals surface area (Å²) in [7, 11) is -5.58. The molecule has 0 atom stereocenters. The number of hydrogen-bond acceptors (Lipinski definition) is 2. The number of allylic oxidation sites excluding steroid dienone is 2. The van der Waals surface area contributed by atoms with Crippen LogP contribution >= 0.6 is 0 Å². The molecule has 2 aliphatic carbocycles. The average molecular weight is 514 g/mol. The third-order valence-electron chi connectivity index (χ3n) is 6.22. The maximum absolute atomic E-state index is 13.4. The van der Waals surface area contributed by atoms with Crippen LogP contribution in [-0.2, 0) is 22.2 Å². The summed E-state index contributed by atoms with van der Waals surface area (Å²) in [4.78, 5) is -0.987. The Balaban J connectivity index is 1.82. The van der Waals surface area contributed by atoms with Crippen molar-refractivity contribution in [2.45, 2.75) is 48.4 Å². The molecule has 4 rings (SSSR count). The van der Waals surface area contributed by atoms with Gasteiger partial charge in [0, 0.05) is 0 Å². The predicted octanol–water partition coefficient (Wildman–Crippen LogP) is 7.50. The van der Waals surface area contributed by atoms with Crippen molar-refractivity contribution < 1.29 is 47.9 Å². The van der Waals surface area contributed by atoms with E-state index in [1.54, 1.807) is 0 Å². The normalized spacial score (nSPS) is 18.6. The summed E-state index contributed by atoms with van der Waals surface area (Å²) in [6.07, 6.45) is -8.32. The van der Waals surface area contributed by atoms with Gasteiger partial charge in [-0.25, -0.2) is 8.42 Å². The highest BCUT2D eigenvalue weighted by molar-refractivity contribution is 7.92. The molecule has 0 radical (unpaired) electrons. The first-order chi connectivity index (χ1) is 15.4. The van der Waals surface area contributed by atoms with Crippen molar-refractivity contribution >= 4 is 21.0 Å². The van der Waals surface area contributed by atoms with Crippen molar-refractivity contribution in [3.05, 3.63) is 64.7 Å². The number of hydrogen-bond donors (Lipinski definition) is 0. The van der Waals surface area contributed by atoms with Gasteiger partial charge in [0.05, 0.1) is 16.0 Å². The topological polar surface area (TPSA) is 34.1 Å². The zero-order valence-electron chi connectivity index (χ0n) is 17.0. The Labute approximate surface area is 188 Å².